The number of alkyl carbamates (subject to hydrolysis) is 1. The van der Waals surface area contributed by atoms with Gasteiger partial charge in [0, 0.05) is 17.7 Å². The number of rotatable bonds is 6. The van der Waals surface area contributed by atoms with Gasteiger partial charge in [-0.2, -0.15) is 5.21 Å². The molecular weight excluding hydrogens is 329 g/mol. The second-order valence-corrected chi connectivity index (χ2v) is 6.17. The summed E-state index contributed by atoms with van der Waals surface area (Å²) in [7, 11) is 0. The van der Waals surface area contributed by atoms with E-state index in [2.05, 4.69) is 25.9 Å². The molecule has 0 unspecified atom stereocenters. The predicted molar refractivity (Wildman–Crippen MR) is 88.5 cm³/mol. The zero-order valence-corrected chi connectivity index (χ0v) is 14.2. The standard InChI is InChI=1S/C16H20FN5O3/c1-16(2,3)25-15(23)18-9-11(8-17)10-24-13-6-4-12(5-7-13)14-19-21-22-20-14/h4-8H,9-10H2,1-3H3,(H,18,23)(H,19,20,21,22)/b11-8-. The first kappa shape index (κ1) is 18.4. The number of H-pyrrole nitrogens is 1. The number of halogens is 1. The Morgan fingerprint density at radius 2 is 2.04 bits per heavy atom. The number of tetrazole rings is 1. The number of nitrogens with one attached hydrogen (secondary N) is 2. The molecule has 1 aromatic carbocycles. The number of carbonyl (C=O) groups is 1. The molecule has 0 radical (unpaired) electrons. The molecule has 9 heteroatoms. The number of amides is 1. The van der Waals surface area contributed by atoms with E-state index in [9.17, 15) is 9.18 Å². The van der Waals surface area contributed by atoms with Crippen LogP contribution in [0.5, 0.6) is 5.75 Å². The Hall–Kier alpha value is -2.97. The number of aromatic nitrogens is 4. The van der Waals surface area contributed by atoms with Crippen LogP contribution in [0.2, 0.25) is 0 Å². The minimum absolute atomic E-state index is 0.00610. The van der Waals surface area contributed by atoms with Crippen LogP contribution in [0.15, 0.2) is 36.2 Å². The summed E-state index contributed by atoms with van der Waals surface area (Å²) in [6.07, 6.45) is -0.207. The van der Waals surface area contributed by atoms with Crippen molar-refractivity contribution in [3.05, 3.63) is 36.2 Å². The smallest absolute Gasteiger partial charge is 0.407 e. The first-order valence-electron chi connectivity index (χ1n) is 7.59. The molecule has 0 fully saturated rings. The summed E-state index contributed by atoms with van der Waals surface area (Å²) in [5.41, 5.74) is 0.433. The maximum Gasteiger partial charge on any atom is 0.407 e. The van der Waals surface area contributed by atoms with Gasteiger partial charge in [0.05, 0.1) is 6.33 Å². The first-order chi connectivity index (χ1) is 11.9. The average molecular weight is 349 g/mol. The first-order valence-corrected chi connectivity index (χ1v) is 7.59. The quantitative estimate of drug-likeness (QED) is 0.831. The molecule has 0 aliphatic heterocycles. The molecule has 0 bridgehead atoms. The van der Waals surface area contributed by atoms with Crippen LogP contribution >= 0.6 is 0 Å². The molecule has 2 rings (SSSR count). The van der Waals surface area contributed by atoms with Crippen molar-refractivity contribution >= 4 is 6.09 Å². The molecule has 0 spiro atoms. The van der Waals surface area contributed by atoms with Crippen molar-refractivity contribution in [2.45, 2.75) is 26.4 Å². The van der Waals surface area contributed by atoms with Gasteiger partial charge in [-0.3, -0.25) is 0 Å². The Kier molecular flexibility index (Phi) is 6.04. The van der Waals surface area contributed by atoms with Gasteiger partial charge < -0.3 is 14.8 Å². The zero-order valence-electron chi connectivity index (χ0n) is 14.2. The van der Waals surface area contributed by atoms with E-state index in [1.807, 2.05) is 0 Å². The normalized spacial score (nSPS) is 11.9. The van der Waals surface area contributed by atoms with Crippen LogP contribution < -0.4 is 10.1 Å². The van der Waals surface area contributed by atoms with E-state index in [4.69, 9.17) is 9.47 Å². The van der Waals surface area contributed by atoms with Crippen molar-refractivity contribution in [1.29, 1.82) is 0 Å². The van der Waals surface area contributed by atoms with E-state index in [0.717, 1.165) is 5.56 Å². The molecule has 0 aliphatic rings. The summed E-state index contributed by atoms with van der Waals surface area (Å²) in [4.78, 5) is 11.6. The highest BCUT2D eigenvalue weighted by Gasteiger charge is 2.16. The molecule has 134 valence electrons. The topological polar surface area (TPSA) is 102 Å². The maximum atomic E-state index is 12.9. The number of hydrogen-bond donors (Lipinski definition) is 2. The third-order valence-electron chi connectivity index (χ3n) is 2.90. The highest BCUT2D eigenvalue weighted by atomic mass is 19.1. The van der Waals surface area contributed by atoms with E-state index < -0.39 is 11.7 Å². The number of benzene rings is 1. The van der Waals surface area contributed by atoms with Gasteiger partial charge in [-0.25, -0.2) is 9.18 Å². The van der Waals surface area contributed by atoms with Crippen LogP contribution in [-0.2, 0) is 4.74 Å². The molecule has 0 aliphatic carbocycles. The summed E-state index contributed by atoms with van der Waals surface area (Å²) in [6, 6.07) is 6.95. The minimum atomic E-state index is -0.615. The van der Waals surface area contributed by atoms with Crippen molar-refractivity contribution in [3.8, 4) is 17.1 Å². The molecule has 0 saturated heterocycles. The lowest BCUT2D eigenvalue weighted by Crippen LogP contribution is -2.34. The highest BCUT2D eigenvalue weighted by molar-refractivity contribution is 5.68. The number of nitrogens with zero attached hydrogens (tertiary/aromatic N) is 3. The lowest BCUT2D eigenvalue weighted by atomic mass is 10.2. The number of carbonyl (C=O) groups excluding carboxylic acids is 1. The van der Waals surface area contributed by atoms with E-state index in [1.54, 1.807) is 45.0 Å². The molecule has 0 atom stereocenters. The minimum Gasteiger partial charge on any atom is -0.489 e. The highest BCUT2D eigenvalue weighted by Crippen LogP contribution is 2.18. The van der Waals surface area contributed by atoms with Gasteiger partial charge in [-0.1, -0.05) is 0 Å². The second-order valence-electron chi connectivity index (χ2n) is 6.17. The summed E-state index contributed by atoms with van der Waals surface area (Å²) in [5.74, 6) is 1.02. The van der Waals surface area contributed by atoms with E-state index in [1.165, 1.54) is 0 Å². The maximum absolute atomic E-state index is 12.9. The van der Waals surface area contributed by atoms with Crippen LogP contribution in [0.3, 0.4) is 0 Å². The largest absolute Gasteiger partial charge is 0.489 e. The molecule has 1 heterocycles. The Bertz CT molecular complexity index is 708. The van der Waals surface area contributed by atoms with Crippen molar-refractivity contribution in [3.63, 3.8) is 0 Å². The second kappa shape index (κ2) is 8.22. The summed E-state index contributed by atoms with van der Waals surface area (Å²) >= 11 is 0. The molecule has 1 aromatic heterocycles. The zero-order chi connectivity index (χ0) is 18.3. The summed E-state index contributed by atoms with van der Waals surface area (Å²) in [5, 5.41) is 16.1. The monoisotopic (exact) mass is 349 g/mol. The molecule has 1 amide bonds. The van der Waals surface area contributed by atoms with Gasteiger partial charge >= 0.3 is 6.09 Å². The van der Waals surface area contributed by atoms with Gasteiger partial charge in [0.25, 0.3) is 0 Å². The molecule has 0 saturated carbocycles. The van der Waals surface area contributed by atoms with E-state index in [-0.39, 0.29) is 18.7 Å². The number of aromatic amines is 1. The lowest BCUT2D eigenvalue weighted by Gasteiger charge is -2.20. The van der Waals surface area contributed by atoms with E-state index >= 15 is 0 Å². The van der Waals surface area contributed by atoms with Gasteiger partial charge in [0.2, 0.25) is 5.82 Å². The number of ether oxygens (including phenoxy) is 2. The third-order valence-corrected chi connectivity index (χ3v) is 2.90. The Morgan fingerprint density at radius 3 is 2.60 bits per heavy atom. The fourth-order valence-electron chi connectivity index (χ4n) is 1.78. The van der Waals surface area contributed by atoms with Crippen LogP contribution in [0.1, 0.15) is 20.8 Å². The third kappa shape index (κ3) is 6.21. The van der Waals surface area contributed by atoms with Crippen LogP contribution in [0.25, 0.3) is 11.4 Å². The lowest BCUT2D eigenvalue weighted by molar-refractivity contribution is 0.0531. The Labute approximate surface area is 144 Å². The van der Waals surface area contributed by atoms with Crippen molar-refractivity contribution in [1.82, 2.24) is 25.9 Å². The van der Waals surface area contributed by atoms with Crippen LogP contribution in [0, 0.1) is 0 Å². The van der Waals surface area contributed by atoms with Gasteiger partial charge in [-0.15, -0.1) is 10.2 Å². The van der Waals surface area contributed by atoms with Crippen LogP contribution in [-0.4, -0.2) is 45.5 Å². The fourth-order valence-corrected chi connectivity index (χ4v) is 1.78. The van der Waals surface area contributed by atoms with E-state index in [0.29, 0.717) is 17.9 Å². The SMILES string of the molecule is CC(C)(C)OC(=O)NC/C(=C/F)COc1ccc(-c2nn[nH]n2)cc1. The fraction of sp³-hybridized carbons (Fsp3) is 0.375. The van der Waals surface area contributed by atoms with Crippen molar-refractivity contribution < 1.29 is 18.7 Å². The van der Waals surface area contributed by atoms with Crippen molar-refractivity contribution in [2.75, 3.05) is 13.2 Å². The van der Waals surface area contributed by atoms with Gasteiger partial charge in [0.15, 0.2) is 0 Å². The molecule has 25 heavy (non-hydrogen) atoms. The molecule has 8 nitrogen and oxygen atoms in total. The Morgan fingerprint density at radius 1 is 1.32 bits per heavy atom. The van der Waals surface area contributed by atoms with Gasteiger partial charge in [0.1, 0.15) is 18.0 Å². The molecular formula is C16H20FN5O3. The Balaban J connectivity index is 1.81. The molecule has 2 aromatic rings. The average Bonchev–Trinajstić information content (AvgIpc) is 3.08. The van der Waals surface area contributed by atoms with Crippen LogP contribution in [0.4, 0.5) is 9.18 Å². The van der Waals surface area contributed by atoms with Crippen molar-refractivity contribution in [2.24, 2.45) is 0 Å². The van der Waals surface area contributed by atoms with Gasteiger partial charge in [-0.05, 0) is 50.3 Å². The summed E-state index contributed by atoms with van der Waals surface area (Å²) in [6.45, 7) is 5.24. The molecule has 2 N–H and O–H groups in total. The predicted octanol–water partition coefficient (Wildman–Crippen LogP) is 2.62. The number of hydrogen-bond acceptors (Lipinski definition) is 6. The summed E-state index contributed by atoms with van der Waals surface area (Å²) < 4.78 is 23.5.